The van der Waals surface area contributed by atoms with Gasteiger partial charge in [-0.2, -0.15) is 0 Å². The minimum absolute atomic E-state index is 0.0835. The quantitative estimate of drug-likeness (QED) is 0.209. The van der Waals surface area contributed by atoms with Gasteiger partial charge >= 0.3 is 6.03 Å². The Hall–Kier alpha value is -4.41. The van der Waals surface area contributed by atoms with Crippen molar-refractivity contribution in [3.05, 3.63) is 83.9 Å². The second kappa shape index (κ2) is 12.6. The van der Waals surface area contributed by atoms with Crippen molar-refractivity contribution in [2.45, 2.75) is 39.0 Å². The number of nitrogen functional groups attached to an aromatic ring is 1. The maximum absolute atomic E-state index is 14.3. The van der Waals surface area contributed by atoms with Gasteiger partial charge in [-0.05, 0) is 63.2 Å². The van der Waals surface area contributed by atoms with Crippen molar-refractivity contribution >= 4 is 40.6 Å². The number of anilines is 4. The lowest BCUT2D eigenvalue weighted by Crippen LogP contribution is -2.56. The SMILES string of the molecule is CCOC(CN1C(=O)[C@@](CC(=O)Nc2ccc(C)cc2)(NC(=O)Nc2ccc(N)cc2)c2ccccc21)OCC. The molecule has 10 nitrogen and oxygen atoms in total. The maximum atomic E-state index is 14.3. The molecule has 0 fully saturated rings. The summed E-state index contributed by atoms with van der Waals surface area (Å²) in [5.74, 6) is -0.905. The van der Waals surface area contributed by atoms with Crippen LogP contribution in [0.3, 0.4) is 0 Å². The molecule has 1 aliphatic heterocycles. The van der Waals surface area contributed by atoms with E-state index in [2.05, 4.69) is 16.0 Å². The highest BCUT2D eigenvalue weighted by molar-refractivity contribution is 6.12. The Morgan fingerprint density at radius 1 is 0.900 bits per heavy atom. The van der Waals surface area contributed by atoms with Gasteiger partial charge in [0.1, 0.15) is 0 Å². The molecule has 0 bridgehead atoms. The number of rotatable bonds is 11. The van der Waals surface area contributed by atoms with Crippen LogP contribution in [0.15, 0.2) is 72.8 Å². The summed E-state index contributed by atoms with van der Waals surface area (Å²) in [7, 11) is 0. The number of ether oxygens (including phenoxy) is 2. The maximum Gasteiger partial charge on any atom is 0.320 e. The van der Waals surface area contributed by atoms with Crippen molar-refractivity contribution < 1.29 is 23.9 Å². The van der Waals surface area contributed by atoms with Crippen LogP contribution in [0.1, 0.15) is 31.4 Å². The van der Waals surface area contributed by atoms with Gasteiger partial charge in [-0.3, -0.25) is 9.59 Å². The Kier molecular flexibility index (Phi) is 9.03. The molecule has 0 aliphatic carbocycles. The molecule has 1 heterocycles. The normalized spacial score (nSPS) is 16.1. The van der Waals surface area contributed by atoms with Gasteiger partial charge in [0.15, 0.2) is 11.8 Å². The molecule has 5 N–H and O–H groups in total. The summed E-state index contributed by atoms with van der Waals surface area (Å²) in [6, 6.07) is 20.4. The van der Waals surface area contributed by atoms with E-state index in [0.717, 1.165) is 5.56 Å². The van der Waals surface area contributed by atoms with Gasteiger partial charge in [0.05, 0.1) is 18.7 Å². The molecule has 40 heavy (non-hydrogen) atoms. The highest BCUT2D eigenvalue weighted by atomic mass is 16.7. The zero-order chi connectivity index (χ0) is 28.7. The third kappa shape index (κ3) is 6.41. The monoisotopic (exact) mass is 545 g/mol. The fraction of sp³-hybridized carbons (Fsp3) is 0.300. The number of nitrogens with one attached hydrogen (secondary N) is 3. The first kappa shape index (κ1) is 28.6. The highest BCUT2D eigenvalue weighted by Gasteiger charge is 2.53. The fourth-order valence-electron chi connectivity index (χ4n) is 4.72. The van der Waals surface area contributed by atoms with Crippen molar-refractivity contribution in [1.82, 2.24) is 5.32 Å². The first-order valence-electron chi connectivity index (χ1n) is 13.2. The molecule has 0 radical (unpaired) electrons. The number of benzene rings is 3. The minimum Gasteiger partial charge on any atom is -0.399 e. The number of fused-ring (bicyclic) bond motifs is 1. The summed E-state index contributed by atoms with van der Waals surface area (Å²) in [5.41, 5.74) is 7.79. The third-order valence-electron chi connectivity index (χ3n) is 6.56. The van der Waals surface area contributed by atoms with E-state index in [1.165, 1.54) is 4.90 Å². The summed E-state index contributed by atoms with van der Waals surface area (Å²) >= 11 is 0. The number of hydrogen-bond acceptors (Lipinski definition) is 6. The average molecular weight is 546 g/mol. The van der Waals surface area contributed by atoms with Crippen LogP contribution in [0.5, 0.6) is 0 Å². The van der Waals surface area contributed by atoms with E-state index >= 15 is 0 Å². The standard InChI is InChI=1S/C30H35N5O5/c1-4-39-27(40-5-2)19-35-25-9-7-6-8-24(25)30(28(35)37,18-26(36)32-22-14-10-20(3)11-15-22)34-29(38)33-23-16-12-21(31)13-17-23/h6-17,27H,4-5,18-19,31H2,1-3H3,(H,32,36)(H2,33,34,38)/t30-/m0/s1. The van der Waals surface area contributed by atoms with Crippen LogP contribution in [0.25, 0.3) is 0 Å². The van der Waals surface area contributed by atoms with Crippen LogP contribution in [-0.2, 0) is 24.6 Å². The van der Waals surface area contributed by atoms with Crippen LogP contribution in [0, 0.1) is 6.92 Å². The Labute approximate surface area is 233 Å². The van der Waals surface area contributed by atoms with Crippen molar-refractivity contribution in [2.75, 3.05) is 41.0 Å². The predicted molar refractivity (Wildman–Crippen MR) is 155 cm³/mol. The molecule has 4 amide bonds. The van der Waals surface area contributed by atoms with Crippen molar-refractivity contribution in [3.8, 4) is 0 Å². The van der Waals surface area contributed by atoms with Gasteiger partial charge in [-0.1, -0.05) is 35.9 Å². The number of para-hydroxylation sites is 1. The number of carbonyl (C=O) groups is 3. The van der Waals surface area contributed by atoms with Crippen LogP contribution in [0.4, 0.5) is 27.5 Å². The zero-order valence-electron chi connectivity index (χ0n) is 22.9. The molecule has 210 valence electrons. The summed E-state index contributed by atoms with van der Waals surface area (Å²) in [5, 5.41) is 8.43. The summed E-state index contributed by atoms with van der Waals surface area (Å²) in [6.45, 7) is 6.50. The first-order valence-corrected chi connectivity index (χ1v) is 13.2. The van der Waals surface area contributed by atoms with E-state index in [9.17, 15) is 14.4 Å². The van der Waals surface area contributed by atoms with Crippen molar-refractivity contribution in [2.24, 2.45) is 0 Å². The Bertz CT molecular complexity index is 1280. The van der Waals surface area contributed by atoms with Gasteiger partial charge < -0.3 is 36.1 Å². The molecule has 3 aromatic rings. The van der Waals surface area contributed by atoms with Crippen molar-refractivity contribution in [3.63, 3.8) is 0 Å². The molecule has 0 spiro atoms. The van der Waals surface area contributed by atoms with Crippen molar-refractivity contribution in [1.29, 1.82) is 0 Å². The third-order valence-corrected chi connectivity index (χ3v) is 6.56. The lowest BCUT2D eigenvalue weighted by molar-refractivity contribution is -0.138. The van der Waals surface area contributed by atoms with E-state index in [-0.39, 0.29) is 13.0 Å². The molecule has 10 heteroatoms. The van der Waals surface area contributed by atoms with Gasteiger partial charge in [-0.25, -0.2) is 4.79 Å². The van der Waals surface area contributed by atoms with Gasteiger partial charge in [0, 0.05) is 35.8 Å². The molecule has 0 unspecified atom stereocenters. The highest BCUT2D eigenvalue weighted by Crippen LogP contribution is 2.43. The molecule has 0 aromatic heterocycles. The van der Waals surface area contributed by atoms with E-state index in [1.54, 1.807) is 60.7 Å². The molecule has 1 atom stereocenters. The number of aryl methyl sites for hydroxylation is 1. The van der Waals surface area contributed by atoms with Crippen LogP contribution in [-0.4, -0.2) is 43.9 Å². The smallest absolute Gasteiger partial charge is 0.320 e. The topological polar surface area (TPSA) is 135 Å². The number of amides is 4. The van der Waals surface area contributed by atoms with E-state index in [1.807, 2.05) is 32.9 Å². The molecule has 0 saturated carbocycles. The fourth-order valence-corrected chi connectivity index (χ4v) is 4.72. The second-order valence-corrected chi connectivity index (χ2v) is 9.47. The van der Waals surface area contributed by atoms with E-state index < -0.39 is 29.7 Å². The first-order chi connectivity index (χ1) is 19.3. The van der Waals surface area contributed by atoms with Crippen LogP contribution < -0.4 is 26.6 Å². The summed E-state index contributed by atoms with van der Waals surface area (Å²) in [6.07, 6.45) is -1.02. The minimum atomic E-state index is -1.69. The lowest BCUT2D eigenvalue weighted by atomic mass is 9.87. The van der Waals surface area contributed by atoms with Gasteiger partial charge in [0.2, 0.25) is 5.91 Å². The Balaban J connectivity index is 1.69. The predicted octanol–water partition coefficient (Wildman–Crippen LogP) is 4.37. The van der Waals surface area contributed by atoms with Crippen LogP contribution >= 0.6 is 0 Å². The molecule has 0 saturated heterocycles. The zero-order valence-corrected chi connectivity index (χ0v) is 22.9. The molecule has 3 aromatic carbocycles. The molecular weight excluding hydrogens is 510 g/mol. The lowest BCUT2D eigenvalue weighted by Gasteiger charge is -2.30. The van der Waals surface area contributed by atoms with Gasteiger partial charge in [0.25, 0.3) is 5.91 Å². The molecular formula is C30H35N5O5. The van der Waals surface area contributed by atoms with Crippen LogP contribution in [0.2, 0.25) is 0 Å². The summed E-state index contributed by atoms with van der Waals surface area (Å²) in [4.78, 5) is 42.5. The number of urea groups is 1. The Morgan fingerprint density at radius 2 is 1.50 bits per heavy atom. The number of nitrogens with zero attached hydrogens (tertiary/aromatic N) is 1. The van der Waals surface area contributed by atoms with E-state index in [4.69, 9.17) is 15.2 Å². The molecule has 1 aliphatic rings. The largest absolute Gasteiger partial charge is 0.399 e. The van der Waals surface area contributed by atoms with Gasteiger partial charge in [-0.15, -0.1) is 0 Å². The number of hydrogen-bond donors (Lipinski definition) is 4. The van der Waals surface area contributed by atoms with E-state index in [0.29, 0.717) is 41.5 Å². The number of carbonyl (C=O) groups excluding carboxylic acids is 3. The Morgan fingerprint density at radius 3 is 2.15 bits per heavy atom. The molecule has 4 rings (SSSR count). The summed E-state index contributed by atoms with van der Waals surface area (Å²) < 4.78 is 11.4. The number of nitrogens with two attached hydrogens (primary N) is 1. The average Bonchev–Trinajstić information content (AvgIpc) is 3.14. The second-order valence-electron chi connectivity index (χ2n) is 9.47.